The number of carbonyl (C=O) groups excluding carboxylic acids is 1. The molecule has 3 aromatic rings. The number of hydrogen-bond acceptors (Lipinski definition) is 5. The molecule has 0 N–H and O–H groups in total. The molecule has 2 heterocycles. The number of hydrogen-bond donors (Lipinski definition) is 0. The Hall–Kier alpha value is -2.80. The topological polar surface area (TPSA) is 49.3 Å². The van der Waals surface area contributed by atoms with Crippen molar-refractivity contribution >= 4 is 22.6 Å². The highest BCUT2D eigenvalue weighted by molar-refractivity contribution is 7.09. The van der Waals surface area contributed by atoms with Gasteiger partial charge in [0.2, 0.25) is 5.13 Å². The highest BCUT2D eigenvalue weighted by Crippen LogP contribution is 2.21. The van der Waals surface area contributed by atoms with Gasteiger partial charge < -0.3 is 9.80 Å². The molecule has 174 valence electrons. The van der Waals surface area contributed by atoms with Crippen molar-refractivity contribution in [1.82, 2.24) is 14.3 Å². The molecule has 5 nitrogen and oxygen atoms in total. The Morgan fingerprint density at radius 1 is 0.939 bits per heavy atom. The van der Waals surface area contributed by atoms with Gasteiger partial charge in [0.15, 0.2) is 0 Å². The number of anilines is 1. The van der Waals surface area contributed by atoms with E-state index in [1.807, 2.05) is 17.0 Å². The van der Waals surface area contributed by atoms with E-state index in [2.05, 4.69) is 33.3 Å². The minimum Gasteiger partial charge on any atom is -0.343 e. The van der Waals surface area contributed by atoms with Crippen LogP contribution in [0.15, 0.2) is 48.5 Å². The number of piperazine rings is 1. The van der Waals surface area contributed by atoms with Crippen LogP contribution in [0.1, 0.15) is 59.9 Å². The Kier molecular flexibility index (Phi) is 8.05. The van der Waals surface area contributed by atoms with Gasteiger partial charge in [-0.15, -0.1) is 0 Å². The molecule has 4 rings (SSSR count). The quantitative estimate of drug-likeness (QED) is 0.399. The van der Waals surface area contributed by atoms with Crippen molar-refractivity contribution in [1.29, 1.82) is 0 Å². The van der Waals surface area contributed by atoms with E-state index in [1.165, 1.54) is 54.9 Å². The number of unbranched alkanes of at least 4 members (excludes halogenated alkanes) is 3. The molecule has 0 unspecified atom stereocenters. The van der Waals surface area contributed by atoms with Gasteiger partial charge in [0.05, 0.1) is 0 Å². The second kappa shape index (κ2) is 11.4. The molecule has 1 amide bonds. The standard InChI is InChI=1S/C26H31FN4OS/c1-2-3-4-5-6-20-7-11-22(12-8-20)25(32)30-15-17-31(18-16-30)26-28-24(29-33-26)19-21-9-13-23(27)14-10-21/h7-14H,2-6,15-19H2,1H3. The van der Waals surface area contributed by atoms with Crippen LogP contribution in [0.25, 0.3) is 0 Å². The van der Waals surface area contributed by atoms with Gasteiger partial charge in [-0.2, -0.15) is 4.37 Å². The minimum atomic E-state index is -0.239. The summed E-state index contributed by atoms with van der Waals surface area (Å²) in [6.07, 6.45) is 6.68. The smallest absolute Gasteiger partial charge is 0.253 e. The van der Waals surface area contributed by atoms with E-state index in [9.17, 15) is 9.18 Å². The van der Waals surface area contributed by atoms with Crippen molar-refractivity contribution in [2.45, 2.75) is 45.4 Å². The zero-order valence-corrected chi connectivity index (χ0v) is 20.0. The number of amides is 1. The van der Waals surface area contributed by atoms with Crippen LogP contribution in [0, 0.1) is 5.82 Å². The van der Waals surface area contributed by atoms with Gasteiger partial charge in [0.25, 0.3) is 5.91 Å². The molecule has 7 heteroatoms. The van der Waals surface area contributed by atoms with E-state index in [1.54, 1.807) is 12.1 Å². The fourth-order valence-corrected chi connectivity index (χ4v) is 4.82. The predicted octanol–water partition coefficient (Wildman–Crippen LogP) is 5.35. The molecule has 0 atom stereocenters. The molecule has 0 spiro atoms. The van der Waals surface area contributed by atoms with Crippen LogP contribution in [0.2, 0.25) is 0 Å². The van der Waals surface area contributed by atoms with E-state index in [-0.39, 0.29) is 11.7 Å². The van der Waals surface area contributed by atoms with Crippen LogP contribution in [0.5, 0.6) is 0 Å². The highest BCUT2D eigenvalue weighted by atomic mass is 32.1. The van der Waals surface area contributed by atoms with E-state index < -0.39 is 0 Å². The molecular formula is C26H31FN4OS. The number of carbonyl (C=O) groups is 1. The summed E-state index contributed by atoms with van der Waals surface area (Å²) in [4.78, 5) is 21.7. The lowest BCUT2D eigenvalue weighted by atomic mass is 10.0. The summed E-state index contributed by atoms with van der Waals surface area (Å²) in [5.74, 6) is 0.604. The van der Waals surface area contributed by atoms with Gasteiger partial charge >= 0.3 is 0 Å². The maximum Gasteiger partial charge on any atom is 0.253 e. The van der Waals surface area contributed by atoms with Crippen molar-refractivity contribution in [2.24, 2.45) is 0 Å². The van der Waals surface area contributed by atoms with Gasteiger partial charge in [0.1, 0.15) is 11.6 Å². The minimum absolute atomic E-state index is 0.0986. The lowest BCUT2D eigenvalue weighted by Crippen LogP contribution is -2.48. The second-order valence-electron chi connectivity index (χ2n) is 8.58. The molecule has 0 radical (unpaired) electrons. The molecule has 0 bridgehead atoms. The lowest BCUT2D eigenvalue weighted by molar-refractivity contribution is 0.0746. The SMILES string of the molecule is CCCCCCc1ccc(C(=O)N2CCN(c3nc(Cc4ccc(F)cc4)ns3)CC2)cc1. The molecule has 0 aliphatic carbocycles. The predicted molar refractivity (Wildman–Crippen MR) is 132 cm³/mol. The summed E-state index contributed by atoms with van der Waals surface area (Å²) in [5, 5.41) is 0.881. The summed E-state index contributed by atoms with van der Waals surface area (Å²) >= 11 is 1.38. The van der Waals surface area contributed by atoms with Gasteiger partial charge in [-0.25, -0.2) is 9.37 Å². The van der Waals surface area contributed by atoms with E-state index in [0.717, 1.165) is 41.6 Å². The molecule has 1 aliphatic rings. The van der Waals surface area contributed by atoms with Crippen LogP contribution in [-0.2, 0) is 12.8 Å². The van der Waals surface area contributed by atoms with Gasteiger partial charge in [-0.3, -0.25) is 4.79 Å². The van der Waals surface area contributed by atoms with Gasteiger partial charge in [0, 0.05) is 49.7 Å². The summed E-state index contributed by atoms with van der Waals surface area (Å²) in [5.41, 5.74) is 3.06. The zero-order chi connectivity index (χ0) is 23.0. The second-order valence-corrected chi connectivity index (χ2v) is 9.31. The molecule has 1 aromatic heterocycles. The van der Waals surface area contributed by atoms with Crippen molar-refractivity contribution < 1.29 is 9.18 Å². The third-order valence-corrected chi connectivity index (χ3v) is 6.90. The Labute approximate surface area is 199 Å². The molecule has 2 aromatic carbocycles. The number of halogens is 1. The zero-order valence-electron chi connectivity index (χ0n) is 19.2. The number of benzene rings is 2. The number of rotatable bonds is 9. The summed E-state index contributed by atoms with van der Waals surface area (Å²) in [6.45, 7) is 5.05. The normalized spacial score (nSPS) is 14.0. The number of nitrogens with zero attached hydrogens (tertiary/aromatic N) is 4. The number of aryl methyl sites for hydroxylation is 1. The average molecular weight is 467 g/mol. The van der Waals surface area contributed by atoms with Gasteiger partial charge in [-0.1, -0.05) is 50.5 Å². The molecular weight excluding hydrogens is 435 g/mol. The highest BCUT2D eigenvalue weighted by Gasteiger charge is 2.24. The Bertz CT molecular complexity index is 1030. The molecule has 0 saturated carbocycles. The van der Waals surface area contributed by atoms with Crippen LogP contribution in [-0.4, -0.2) is 46.3 Å². The van der Waals surface area contributed by atoms with Crippen LogP contribution in [0.3, 0.4) is 0 Å². The maximum atomic E-state index is 13.1. The van der Waals surface area contributed by atoms with Crippen LogP contribution < -0.4 is 4.90 Å². The van der Waals surface area contributed by atoms with Crippen molar-refractivity contribution in [3.63, 3.8) is 0 Å². The van der Waals surface area contributed by atoms with Crippen LogP contribution >= 0.6 is 11.5 Å². The van der Waals surface area contributed by atoms with Crippen molar-refractivity contribution in [2.75, 3.05) is 31.1 Å². The lowest BCUT2D eigenvalue weighted by Gasteiger charge is -2.34. The molecule has 1 fully saturated rings. The van der Waals surface area contributed by atoms with Crippen molar-refractivity contribution in [3.05, 3.63) is 76.9 Å². The fraction of sp³-hybridized carbons (Fsp3) is 0.423. The van der Waals surface area contributed by atoms with E-state index in [4.69, 9.17) is 0 Å². The average Bonchev–Trinajstić information content (AvgIpc) is 3.32. The molecule has 33 heavy (non-hydrogen) atoms. The molecule has 1 aliphatic heterocycles. The monoisotopic (exact) mass is 466 g/mol. The first-order chi connectivity index (χ1) is 16.1. The van der Waals surface area contributed by atoms with E-state index >= 15 is 0 Å². The van der Waals surface area contributed by atoms with Crippen molar-refractivity contribution in [3.8, 4) is 0 Å². The van der Waals surface area contributed by atoms with Crippen LogP contribution in [0.4, 0.5) is 9.52 Å². The first-order valence-electron chi connectivity index (χ1n) is 11.8. The third kappa shape index (κ3) is 6.38. The largest absolute Gasteiger partial charge is 0.343 e. The maximum absolute atomic E-state index is 13.1. The fourth-order valence-electron chi connectivity index (χ4n) is 4.08. The Morgan fingerprint density at radius 3 is 2.33 bits per heavy atom. The Balaban J connectivity index is 1.27. The van der Waals surface area contributed by atoms with Gasteiger partial charge in [-0.05, 0) is 48.2 Å². The summed E-state index contributed by atoms with van der Waals surface area (Å²) < 4.78 is 17.6. The number of aromatic nitrogens is 2. The molecule has 1 saturated heterocycles. The third-order valence-electron chi connectivity index (χ3n) is 6.09. The first kappa shape index (κ1) is 23.4. The van der Waals surface area contributed by atoms with E-state index in [0.29, 0.717) is 19.5 Å². The summed E-state index contributed by atoms with van der Waals surface area (Å²) in [6, 6.07) is 14.6. The first-order valence-corrected chi connectivity index (χ1v) is 12.6. The Morgan fingerprint density at radius 2 is 1.64 bits per heavy atom. The summed E-state index contributed by atoms with van der Waals surface area (Å²) in [7, 11) is 0.